The largest absolute Gasteiger partial charge is 0.369 e. The summed E-state index contributed by atoms with van der Waals surface area (Å²) in [5.74, 6) is -0.131. The predicted molar refractivity (Wildman–Crippen MR) is 75.5 cm³/mol. The Morgan fingerprint density at radius 3 is 2.84 bits per heavy atom. The fraction of sp³-hybridized carbons (Fsp3) is 0.600. The maximum Gasteiger partial charge on any atom is 0.224 e. The fourth-order valence-corrected chi connectivity index (χ4v) is 3.07. The third-order valence-corrected chi connectivity index (χ3v) is 4.16. The molecule has 4 heteroatoms. The van der Waals surface area contributed by atoms with E-state index in [1.165, 1.54) is 5.56 Å². The van der Waals surface area contributed by atoms with Crippen LogP contribution < -0.4 is 5.73 Å². The zero-order valence-electron chi connectivity index (χ0n) is 11.6. The Labute approximate surface area is 115 Å². The van der Waals surface area contributed by atoms with Crippen molar-refractivity contribution in [1.82, 2.24) is 9.88 Å². The number of piperidine rings is 1. The van der Waals surface area contributed by atoms with Gasteiger partial charge in [-0.15, -0.1) is 0 Å². The van der Waals surface area contributed by atoms with E-state index < -0.39 is 0 Å². The van der Waals surface area contributed by atoms with E-state index >= 15 is 0 Å². The lowest BCUT2D eigenvalue weighted by atomic mass is 9.75. The minimum absolute atomic E-state index is 0.131. The van der Waals surface area contributed by atoms with Crippen molar-refractivity contribution >= 4 is 5.91 Å². The molecule has 1 aliphatic heterocycles. The number of hydrogen-bond acceptors (Lipinski definition) is 3. The van der Waals surface area contributed by atoms with Gasteiger partial charge in [-0.25, -0.2) is 0 Å². The number of nitrogens with two attached hydrogens (primary N) is 1. The Kier molecular flexibility index (Phi) is 4.53. The van der Waals surface area contributed by atoms with Crippen LogP contribution in [-0.4, -0.2) is 35.9 Å². The van der Waals surface area contributed by atoms with Crippen molar-refractivity contribution in [2.45, 2.75) is 32.1 Å². The van der Waals surface area contributed by atoms with Gasteiger partial charge < -0.3 is 10.6 Å². The lowest BCUT2D eigenvalue weighted by Crippen LogP contribution is -2.49. The quantitative estimate of drug-likeness (QED) is 0.876. The SMILES string of the molecule is CN1CCC[C@](CCCc2ccncc2)(C(N)=O)C1. The van der Waals surface area contributed by atoms with E-state index in [1.54, 1.807) is 0 Å². The highest BCUT2D eigenvalue weighted by atomic mass is 16.1. The molecule has 0 saturated carbocycles. The van der Waals surface area contributed by atoms with E-state index in [9.17, 15) is 4.79 Å². The maximum atomic E-state index is 11.8. The molecule has 1 saturated heterocycles. The summed E-state index contributed by atoms with van der Waals surface area (Å²) in [4.78, 5) is 18.1. The summed E-state index contributed by atoms with van der Waals surface area (Å²) in [6, 6.07) is 4.06. The van der Waals surface area contributed by atoms with Crippen LogP contribution in [0, 0.1) is 5.41 Å². The third kappa shape index (κ3) is 3.53. The molecule has 1 fully saturated rings. The Balaban J connectivity index is 1.92. The fourth-order valence-electron chi connectivity index (χ4n) is 3.07. The third-order valence-electron chi connectivity index (χ3n) is 4.16. The van der Waals surface area contributed by atoms with Crippen molar-refractivity contribution in [3.63, 3.8) is 0 Å². The minimum atomic E-state index is -0.319. The summed E-state index contributed by atoms with van der Waals surface area (Å²) in [5, 5.41) is 0. The molecular weight excluding hydrogens is 238 g/mol. The molecule has 1 amide bonds. The zero-order valence-corrected chi connectivity index (χ0v) is 11.6. The number of likely N-dealkylation sites (tertiary alicyclic amines) is 1. The second-order valence-electron chi connectivity index (χ2n) is 5.69. The Morgan fingerprint density at radius 2 is 2.21 bits per heavy atom. The van der Waals surface area contributed by atoms with Crippen LogP contribution in [0.2, 0.25) is 0 Å². The van der Waals surface area contributed by atoms with Crippen molar-refractivity contribution in [1.29, 1.82) is 0 Å². The smallest absolute Gasteiger partial charge is 0.224 e. The van der Waals surface area contributed by atoms with Gasteiger partial charge in [-0.1, -0.05) is 0 Å². The molecule has 0 radical (unpaired) electrons. The van der Waals surface area contributed by atoms with Crippen LogP contribution >= 0.6 is 0 Å². The molecule has 0 bridgehead atoms. The van der Waals surface area contributed by atoms with E-state index in [1.807, 2.05) is 24.5 Å². The minimum Gasteiger partial charge on any atom is -0.369 e. The first-order valence-corrected chi connectivity index (χ1v) is 7.00. The normalized spacial score (nSPS) is 24.3. The Hall–Kier alpha value is -1.42. The molecule has 4 nitrogen and oxygen atoms in total. The van der Waals surface area contributed by atoms with Crippen LogP contribution in [0.4, 0.5) is 0 Å². The summed E-state index contributed by atoms with van der Waals surface area (Å²) in [6.45, 7) is 1.87. The Bertz CT molecular complexity index is 421. The molecule has 0 aromatic carbocycles. The summed E-state index contributed by atoms with van der Waals surface area (Å²) in [5.41, 5.74) is 6.63. The van der Waals surface area contributed by atoms with Crippen LogP contribution in [0.1, 0.15) is 31.2 Å². The van der Waals surface area contributed by atoms with Crippen molar-refractivity contribution in [3.05, 3.63) is 30.1 Å². The molecule has 104 valence electrons. The number of primary amides is 1. The average molecular weight is 261 g/mol. The highest BCUT2D eigenvalue weighted by Gasteiger charge is 2.39. The molecule has 2 rings (SSSR count). The maximum absolute atomic E-state index is 11.8. The first-order valence-electron chi connectivity index (χ1n) is 7.00. The van der Waals surface area contributed by atoms with E-state index in [4.69, 9.17) is 5.73 Å². The average Bonchev–Trinajstić information content (AvgIpc) is 2.40. The number of carbonyl (C=O) groups excluding carboxylic acids is 1. The van der Waals surface area contributed by atoms with Gasteiger partial charge in [-0.3, -0.25) is 9.78 Å². The molecule has 1 atom stereocenters. The van der Waals surface area contributed by atoms with Crippen LogP contribution in [-0.2, 0) is 11.2 Å². The van der Waals surface area contributed by atoms with E-state index in [0.29, 0.717) is 0 Å². The van der Waals surface area contributed by atoms with Crippen LogP contribution in [0.5, 0.6) is 0 Å². The number of hydrogen-bond donors (Lipinski definition) is 1. The molecule has 1 aliphatic rings. The molecule has 2 heterocycles. The topological polar surface area (TPSA) is 59.2 Å². The lowest BCUT2D eigenvalue weighted by molar-refractivity contribution is -0.131. The number of aromatic nitrogens is 1. The second-order valence-corrected chi connectivity index (χ2v) is 5.69. The molecule has 19 heavy (non-hydrogen) atoms. The van der Waals surface area contributed by atoms with Gasteiger partial charge in [0.2, 0.25) is 5.91 Å². The van der Waals surface area contributed by atoms with Crippen LogP contribution in [0.15, 0.2) is 24.5 Å². The van der Waals surface area contributed by atoms with Gasteiger partial charge in [0, 0.05) is 18.9 Å². The van der Waals surface area contributed by atoms with Crippen molar-refractivity contribution in [2.24, 2.45) is 11.1 Å². The van der Waals surface area contributed by atoms with Gasteiger partial charge in [0.25, 0.3) is 0 Å². The van der Waals surface area contributed by atoms with Gasteiger partial charge in [-0.2, -0.15) is 0 Å². The van der Waals surface area contributed by atoms with E-state index in [2.05, 4.69) is 16.9 Å². The molecule has 2 N–H and O–H groups in total. The van der Waals surface area contributed by atoms with Gasteiger partial charge in [-0.05, 0) is 63.4 Å². The number of aryl methyl sites for hydroxylation is 1. The number of rotatable bonds is 5. The highest BCUT2D eigenvalue weighted by molar-refractivity contribution is 5.81. The molecule has 1 aromatic rings. The van der Waals surface area contributed by atoms with Gasteiger partial charge >= 0.3 is 0 Å². The number of pyridine rings is 1. The number of carbonyl (C=O) groups is 1. The number of amides is 1. The van der Waals surface area contributed by atoms with Crippen LogP contribution in [0.25, 0.3) is 0 Å². The summed E-state index contributed by atoms with van der Waals surface area (Å²) < 4.78 is 0. The molecule has 0 spiro atoms. The Morgan fingerprint density at radius 1 is 1.47 bits per heavy atom. The van der Waals surface area contributed by atoms with E-state index in [0.717, 1.165) is 45.2 Å². The first-order chi connectivity index (χ1) is 9.12. The van der Waals surface area contributed by atoms with Crippen molar-refractivity contribution in [2.75, 3.05) is 20.1 Å². The molecular formula is C15H23N3O. The standard InChI is InChI=1S/C15H23N3O/c1-18-11-3-8-15(12-18,14(16)19)7-2-4-13-5-9-17-10-6-13/h5-6,9-10H,2-4,7-8,11-12H2,1H3,(H2,16,19)/t15-/m0/s1. The van der Waals surface area contributed by atoms with E-state index in [-0.39, 0.29) is 11.3 Å². The zero-order chi connectivity index (χ0) is 13.7. The van der Waals surface area contributed by atoms with Gasteiger partial charge in [0.15, 0.2) is 0 Å². The highest BCUT2D eigenvalue weighted by Crippen LogP contribution is 2.34. The predicted octanol–water partition coefficient (Wildman–Crippen LogP) is 1.60. The lowest BCUT2D eigenvalue weighted by Gasteiger charge is -2.39. The monoisotopic (exact) mass is 261 g/mol. The summed E-state index contributed by atoms with van der Waals surface area (Å²) in [6.07, 6.45) is 8.50. The first kappa shape index (κ1) is 14.0. The van der Waals surface area contributed by atoms with Crippen LogP contribution in [0.3, 0.4) is 0 Å². The van der Waals surface area contributed by atoms with Crippen molar-refractivity contribution < 1.29 is 4.79 Å². The second kappa shape index (κ2) is 6.15. The van der Waals surface area contributed by atoms with Gasteiger partial charge in [0.1, 0.15) is 0 Å². The van der Waals surface area contributed by atoms with Crippen molar-refractivity contribution in [3.8, 4) is 0 Å². The molecule has 1 aromatic heterocycles. The van der Waals surface area contributed by atoms with Gasteiger partial charge in [0.05, 0.1) is 5.41 Å². The summed E-state index contributed by atoms with van der Waals surface area (Å²) in [7, 11) is 2.07. The number of nitrogens with zero attached hydrogens (tertiary/aromatic N) is 2. The summed E-state index contributed by atoms with van der Waals surface area (Å²) >= 11 is 0. The molecule has 0 aliphatic carbocycles. The molecule has 0 unspecified atom stereocenters.